The van der Waals surface area contributed by atoms with Gasteiger partial charge in [-0.05, 0) is 62.5 Å². The highest BCUT2D eigenvalue weighted by atomic mass is 79.9. The zero-order valence-corrected chi connectivity index (χ0v) is 17.2. The fraction of sp³-hybridized carbons (Fsp3) is 0.111. The lowest BCUT2D eigenvalue weighted by molar-refractivity contribution is -0.117. The summed E-state index contributed by atoms with van der Waals surface area (Å²) in [6.45, 7) is 1.49. The molecule has 0 aliphatic carbocycles. The van der Waals surface area contributed by atoms with E-state index in [2.05, 4.69) is 42.3 Å². The van der Waals surface area contributed by atoms with E-state index in [1.807, 2.05) is 19.1 Å². The fourth-order valence-corrected chi connectivity index (χ4v) is 4.25. The molecule has 2 N–H and O–H groups in total. The molecule has 0 atom stereocenters. The van der Waals surface area contributed by atoms with Gasteiger partial charge in [-0.15, -0.1) is 0 Å². The van der Waals surface area contributed by atoms with Crippen molar-refractivity contribution in [3.63, 3.8) is 0 Å². The molecule has 0 spiro atoms. The number of carbonyl (C=O) groups excluding carboxylic acids is 1. The third-order valence-corrected chi connectivity index (χ3v) is 5.07. The summed E-state index contributed by atoms with van der Waals surface area (Å²) in [6.07, 6.45) is 0. The Hall–Kier alpha value is -2.52. The van der Waals surface area contributed by atoms with Crippen LogP contribution in [0.1, 0.15) is 16.1 Å². The average Bonchev–Trinajstić information content (AvgIpc) is 2.60. The number of rotatable bonds is 4. The Balaban J connectivity index is 1.97. The number of hydrogen-bond donors (Lipinski definition) is 2. The first-order valence-corrected chi connectivity index (χ1v) is 9.35. The van der Waals surface area contributed by atoms with Crippen LogP contribution in [-0.2, 0) is 11.3 Å². The second-order valence-electron chi connectivity index (χ2n) is 5.81. The third-order valence-electron chi connectivity index (χ3n) is 3.81. The van der Waals surface area contributed by atoms with Gasteiger partial charge in [0.15, 0.2) is 5.69 Å². The van der Waals surface area contributed by atoms with Crippen molar-refractivity contribution in [1.29, 1.82) is 0 Å². The SMILES string of the molecule is Cc1cc(Br)c(NC(=O)Cn2nc(C(=O)O)c3ccccc3c2=O)c(Br)c1. The number of carboxylic acids is 1. The van der Waals surface area contributed by atoms with Crippen LogP contribution in [0.2, 0.25) is 0 Å². The molecule has 0 bridgehead atoms. The van der Waals surface area contributed by atoms with Crippen LogP contribution in [0, 0.1) is 6.92 Å². The van der Waals surface area contributed by atoms with Crippen LogP contribution in [0.25, 0.3) is 10.8 Å². The number of nitrogens with one attached hydrogen (secondary N) is 1. The largest absolute Gasteiger partial charge is 0.476 e. The highest BCUT2D eigenvalue weighted by Gasteiger charge is 2.18. The van der Waals surface area contributed by atoms with Gasteiger partial charge in [0.25, 0.3) is 5.56 Å². The minimum atomic E-state index is -1.27. The zero-order chi connectivity index (χ0) is 19.7. The van der Waals surface area contributed by atoms with E-state index in [9.17, 15) is 19.5 Å². The van der Waals surface area contributed by atoms with Gasteiger partial charge in [0.1, 0.15) is 6.54 Å². The van der Waals surface area contributed by atoms with E-state index in [1.165, 1.54) is 12.1 Å². The van der Waals surface area contributed by atoms with Gasteiger partial charge >= 0.3 is 5.97 Å². The van der Waals surface area contributed by atoms with Crippen LogP contribution in [0.15, 0.2) is 50.1 Å². The molecule has 1 amide bonds. The summed E-state index contributed by atoms with van der Waals surface area (Å²) in [6, 6.07) is 9.94. The van der Waals surface area contributed by atoms with Crippen molar-refractivity contribution in [2.24, 2.45) is 0 Å². The number of aryl methyl sites for hydroxylation is 1. The van der Waals surface area contributed by atoms with E-state index in [4.69, 9.17) is 0 Å². The van der Waals surface area contributed by atoms with Crippen molar-refractivity contribution >= 4 is 60.2 Å². The Morgan fingerprint density at radius 2 is 1.74 bits per heavy atom. The van der Waals surface area contributed by atoms with Crippen molar-refractivity contribution < 1.29 is 14.7 Å². The van der Waals surface area contributed by atoms with Gasteiger partial charge in [0, 0.05) is 14.3 Å². The third kappa shape index (κ3) is 3.93. The number of fused-ring (bicyclic) bond motifs is 1. The Labute approximate surface area is 170 Å². The standard InChI is InChI=1S/C18H13Br2N3O4/c1-9-6-12(19)16(13(20)7-9)21-14(24)8-23-17(25)11-5-3-2-4-10(11)15(22-23)18(26)27/h2-7H,8H2,1H3,(H,21,24)(H,26,27). The monoisotopic (exact) mass is 493 g/mol. The van der Waals surface area contributed by atoms with Gasteiger partial charge in [-0.2, -0.15) is 5.10 Å². The molecule has 3 rings (SSSR count). The van der Waals surface area contributed by atoms with Crippen LogP contribution in [0.5, 0.6) is 0 Å². The van der Waals surface area contributed by atoms with Crippen molar-refractivity contribution in [1.82, 2.24) is 9.78 Å². The molecule has 1 heterocycles. The van der Waals surface area contributed by atoms with E-state index < -0.39 is 24.0 Å². The number of anilines is 1. The van der Waals surface area contributed by atoms with Gasteiger partial charge in [-0.1, -0.05) is 18.2 Å². The first kappa shape index (κ1) is 19.2. The molecule has 0 aliphatic rings. The molecular formula is C18H13Br2N3O4. The van der Waals surface area contributed by atoms with E-state index >= 15 is 0 Å². The molecule has 138 valence electrons. The summed E-state index contributed by atoms with van der Waals surface area (Å²) in [5, 5.41) is 16.4. The molecule has 0 aliphatic heterocycles. The first-order chi connectivity index (χ1) is 12.8. The molecular weight excluding hydrogens is 482 g/mol. The number of nitrogens with zero attached hydrogens (tertiary/aromatic N) is 2. The summed E-state index contributed by atoms with van der Waals surface area (Å²) in [7, 11) is 0. The predicted octanol–water partition coefficient (Wildman–Crippen LogP) is 3.57. The van der Waals surface area contributed by atoms with Gasteiger partial charge in [-0.25, -0.2) is 9.48 Å². The van der Waals surface area contributed by atoms with Crippen LogP contribution in [-0.4, -0.2) is 26.8 Å². The number of carboxylic acid groups (broad SMARTS) is 1. The van der Waals surface area contributed by atoms with Crippen LogP contribution in [0.3, 0.4) is 0 Å². The highest BCUT2D eigenvalue weighted by Crippen LogP contribution is 2.32. The summed E-state index contributed by atoms with van der Waals surface area (Å²) < 4.78 is 2.21. The summed E-state index contributed by atoms with van der Waals surface area (Å²) >= 11 is 6.77. The van der Waals surface area contributed by atoms with Crippen LogP contribution >= 0.6 is 31.9 Å². The topological polar surface area (TPSA) is 101 Å². The van der Waals surface area contributed by atoms with Crippen molar-refractivity contribution in [3.05, 3.63) is 67.0 Å². The quantitative estimate of drug-likeness (QED) is 0.577. The molecule has 7 nitrogen and oxygen atoms in total. The lowest BCUT2D eigenvalue weighted by Gasteiger charge is -2.12. The molecule has 0 fully saturated rings. The molecule has 0 radical (unpaired) electrons. The normalized spacial score (nSPS) is 10.8. The minimum Gasteiger partial charge on any atom is -0.476 e. The fourth-order valence-electron chi connectivity index (χ4n) is 2.63. The molecule has 27 heavy (non-hydrogen) atoms. The van der Waals surface area contributed by atoms with Crippen molar-refractivity contribution in [2.45, 2.75) is 13.5 Å². The Morgan fingerprint density at radius 1 is 1.15 bits per heavy atom. The molecule has 9 heteroatoms. The average molecular weight is 495 g/mol. The number of carbonyl (C=O) groups is 2. The second-order valence-corrected chi connectivity index (χ2v) is 7.52. The minimum absolute atomic E-state index is 0.190. The highest BCUT2D eigenvalue weighted by molar-refractivity contribution is 9.11. The number of benzene rings is 2. The number of aromatic nitrogens is 2. The number of amides is 1. The lowest BCUT2D eigenvalue weighted by atomic mass is 10.1. The molecule has 2 aromatic carbocycles. The maximum Gasteiger partial charge on any atom is 0.357 e. The van der Waals surface area contributed by atoms with Crippen LogP contribution in [0.4, 0.5) is 5.69 Å². The van der Waals surface area contributed by atoms with Crippen LogP contribution < -0.4 is 10.9 Å². The molecule has 0 saturated carbocycles. The van der Waals surface area contributed by atoms with Crippen molar-refractivity contribution in [2.75, 3.05) is 5.32 Å². The predicted molar refractivity (Wildman–Crippen MR) is 108 cm³/mol. The number of aromatic carboxylic acids is 1. The van der Waals surface area contributed by atoms with E-state index in [-0.39, 0.29) is 16.5 Å². The van der Waals surface area contributed by atoms with Gasteiger partial charge in [0.2, 0.25) is 5.91 Å². The second kappa shape index (κ2) is 7.61. The summed E-state index contributed by atoms with van der Waals surface area (Å²) in [4.78, 5) is 36.5. The molecule has 3 aromatic rings. The van der Waals surface area contributed by atoms with E-state index in [0.717, 1.165) is 10.2 Å². The summed E-state index contributed by atoms with van der Waals surface area (Å²) in [5.41, 5.74) is 0.687. The maximum atomic E-state index is 12.6. The van der Waals surface area contributed by atoms with Gasteiger partial charge in [-0.3, -0.25) is 9.59 Å². The lowest BCUT2D eigenvalue weighted by Crippen LogP contribution is -2.31. The Bertz CT molecular complexity index is 1120. The zero-order valence-electron chi connectivity index (χ0n) is 14.0. The number of hydrogen-bond acceptors (Lipinski definition) is 4. The van der Waals surface area contributed by atoms with E-state index in [0.29, 0.717) is 14.6 Å². The van der Waals surface area contributed by atoms with Crippen molar-refractivity contribution in [3.8, 4) is 0 Å². The summed E-state index contributed by atoms with van der Waals surface area (Å²) in [5.74, 6) is -1.79. The molecule has 0 saturated heterocycles. The van der Waals surface area contributed by atoms with Gasteiger partial charge < -0.3 is 10.4 Å². The maximum absolute atomic E-state index is 12.6. The Kier molecular flexibility index (Phi) is 5.43. The molecule has 0 unspecified atom stereocenters. The van der Waals surface area contributed by atoms with Gasteiger partial charge in [0.05, 0.1) is 11.1 Å². The number of halogens is 2. The Morgan fingerprint density at radius 3 is 2.33 bits per heavy atom. The first-order valence-electron chi connectivity index (χ1n) is 7.76. The molecule has 1 aromatic heterocycles. The smallest absolute Gasteiger partial charge is 0.357 e. The van der Waals surface area contributed by atoms with E-state index in [1.54, 1.807) is 12.1 Å².